The van der Waals surface area contributed by atoms with E-state index in [1.54, 1.807) is 18.4 Å². The Morgan fingerprint density at radius 2 is 1.97 bits per heavy atom. The maximum Gasteiger partial charge on any atom is 0.263 e. The Morgan fingerprint density at radius 1 is 1.17 bits per heavy atom. The van der Waals surface area contributed by atoms with Crippen LogP contribution in [0.15, 0.2) is 58.4 Å². The van der Waals surface area contributed by atoms with E-state index in [1.165, 1.54) is 30.6 Å². The number of rotatable bonds is 5. The number of hydrogen-bond donors (Lipinski definition) is 1. The summed E-state index contributed by atoms with van der Waals surface area (Å²) in [5.74, 6) is -0.273. The summed E-state index contributed by atoms with van der Waals surface area (Å²) in [5, 5.41) is 8.93. The van der Waals surface area contributed by atoms with Crippen molar-refractivity contribution in [3.8, 4) is 28.3 Å². The maximum absolute atomic E-state index is 14.0. The summed E-state index contributed by atoms with van der Waals surface area (Å²) >= 11 is 1.25. The van der Waals surface area contributed by atoms with E-state index in [-0.39, 0.29) is 11.7 Å². The van der Waals surface area contributed by atoms with Gasteiger partial charge in [0.15, 0.2) is 16.7 Å². The van der Waals surface area contributed by atoms with Crippen LogP contribution in [0.4, 0.5) is 9.52 Å². The molecular weight excluding hydrogens is 393 g/mol. The van der Waals surface area contributed by atoms with Crippen LogP contribution in [-0.4, -0.2) is 23.2 Å². The van der Waals surface area contributed by atoms with Crippen molar-refractivity contribution >= 4 is 22.4 Å². The van der Waals surface area contributed by atoms with Gasteiger partial charge in [-0.05, 0) is 25.1 Å². The SMILES string of the molecule is COc1ccc(-c2csc(NC(=O)c3c(-c4ccccc4)noc3C)n2)cc1F. The summed E-state index contributed by atoms with van der Waals surface area (Å²) in [6.45, 7) is 1.68. The number of ether oxygens (including phenoxy) is 1. The third kappa shape index (κ3) is 3.74. The number of nitrogens with one attached hydrogen (secondary N) is 1. The molecule has 6 nitrogen and oxygen atoms in total. The van der Waals surface area contributed by atoms with E-state index in [0.717, 1.165) is 5.56 Å². The van der Waals surface area contributed by atoms with Gasteiger partial charge in [-0.3, -0.25) is 10.1 Å². The van der Waals surface area contributed by atoms with E-state index < -0.39 is 5.82 Å². The zero-order valence-electron chi connectivity index (χ0n) is 15.6. The van der Waals surface area contributed by atoms with Gasteiger partial charge in [0.2, 0.25) is 0 Å². The Bertz CT molecular complexity index is 1170. The average Bonchev–Trinajstić information content (AvgIpc) is 3.35. The van der Waals surface area contributed by atoms with Crippen LogP contribution in [0.1, 0.15) is 16.1 Å². The topological polar surface area (TPSA) is 77.2 Å². The number of thiazole rings is 1. The first-order chi connectivity index (χ1) is 14.1. The van der Waals surface area contributed by atoms with E-state index in [2.05, 4.69) is 15.5 Å². The molecule has 0 saturated heterocycles. The van der Waals surface area contributed by atoms with Crippen molar-refractivity contribution < 1.29 is 18.4 Å². The van der Waals surface area contributed by atoms with Gasteiger partial charge in [0.25, 0.3) is 5.91 Å². The summed E-state index contributed by atoms with van der Waals surface area (Å²) in [6.07, 6.45) is 0. The standard InChI is InChI=1S/C21H16FN3O3S/c1-12-18(19(25-28-12)13-6-4-3-5-7-13)20(26)24-21-23-16(11-29-21)14-8-9-17(27-2)15(22)10-14/h3-11H,1-2H3,(H,23,24,26). The quantitative estimate of drug-likeness (QED) is 0.492. The van der Waals surface area contributed by atoms with Crippen LogP contribution in [-0.2, 0) is 0 Å². The largest absolute Gasteiger partial charge is 0.494 e. The van der Waals surface area contributed by atoms with E-state index in [1.807, 2.05) is 30.3 Å². The lowest BCUT2D eigenvalue weighted by molar-refractivity contribution is 0.102. The lowest BCUT2D eigenvalue weighted by atomic mass is 10.1. The molecule has 0 aliphatic rings. The van der Waals surface area contributed by atoms with Crippen molar-refractivity contribution in [1.82, 2.24) is 10.1 Å². The van der Waals surface area contributed by atoms with Crippen LogP contribution < -0.4 is 10.1 Å². The van der Waals surface area contributed by atoms with Gasteiger partial charge < -0.3 is 9.26 Å². The molecule has 1 N–H and O–H groups in total. The summed E-state index contributed by atoms with van der Waals surface area (Å²) in [4.78, 5) is 17.2. The molecule has 0 aliphatic carbocycles. The summed E-state index contributed by atoms with van der Waals surface area (Å²) in [5.41, 5.74) is 2.74. The Hall–Kier alpha value is -3.52. The molecular formula is C21H16FN3O3S. The van der Waals surface area contributed by atoms with Crippen molar-refractivity contribution in [1.29, 1.82) is 0 Å². The Labute approximate surface area is 170 Å². The normalized spacial score (nSPS) is 10.7. The molecule has 2 aromatic carbocycles. The third-order valence-corrected chi connectivity index (χ3v) is 5.07. The predicted octanol–water partition coefficient (Wildman–Crippen LogP) is 5.17. The smallest absolute Gasteiger partial charge is 0.263 e. The fraction of sp³-hybridized carbons (Fsp3) is 0.0952. The van der Waals surface area contributed by atoms with E-state index in [9.17, 15) is 9.18 Å². The van der Waals surface area contributed by atoms with Crippen molar-refractivity contribution in [2.24, 2.45) is 0 Å². The molecule has 0 aliphatic heterocycles. The molecule has 146 valence electrons. The van der Waals surface area contributed by atoms with Gasteiger partial charge in [0, 0.05) is 16.5 Å². The van der Waals surface area contributed by atoms with Gasteiger partial charge in [-0.2, -0.15) is 0 Å². The molecule has 0 spiro atoms. The van der Waals surface area contributed by atoms with E-state index in [4.69, 9.17) is 9.26 Å². The molecule has 0 fully saturated rings. The minimum atomic E-state index is -0.476. The summed E-state index contributed by atoms with van der Waals surface area (Å²) < 4.78 is 24.1. The number of amides is 1. The minimum Gasteiger partial charge on any atom is -0.494 e. The molecule has 29 heavy (non-hydrogen) atoms. The number of carbonyl (C=O) groups is 1. The first kappa shape index (κ1) is 18.8. The second-order valence-corrected chi connectivity index (χ2v) is 7.03. The Balaban J connectivity index is 1.58. The van der Waals surface area contributed by atoms with Crippen LogP contribution in [0.25, 0.3) is 22.5 Å². The second kappa shape index (κ2) is 7.84. The first-order valence-electron chi connectivity index (χ1n) is 8.69. The molecule has 1 amide bonds. The Kier molecular flexibility index (Phi) is 5.09. The second-order valence-electron chi connectivity index (χ2n) is 6.17. The molecule has 0 saturated carbocycles. The molecule has 0 atom stereocenters. The Morgan fingerprint density at radius 3 is 2.69 bits per heavy atom. The number of methoxy groups -OCH3 is 1. The van der Waals surface area contributed by atoms with Gasteiger partial charge in [0.1, 0.15) is 17.0 Å². The molecule has 2 aromatic heterocycles. The van der Waals surface area contributed by atoms with E-state index >= 15 is 0 Å². The highest BCUT2D eigenvalue weighted by atomic mass is 32.1. The number of benzene rings is 2. The van der Waals surface area contributed by atoms with Crippen molar-refractivity contribution in [2.45, 2.75) is 6.92 Å². The van der Waals surface area contributed by atoms with Gasteiger partial charge in [-0.1, -0.05) is 35.5 Å². The zero-order valence-corrected chi connectivity index (χ0v) is 16.4. The van der Waals surface area contributed by atoms with Crippen molar-refractivity contribution in [3.63, 3.8) is 0 Å². The molecule has 0 bridgehead atoms. The van der Waals surface area contributed by atoms with Gasteiger partial charge in [0.05, 0.1) is 12.8 Å². The molecule has 0 unspecified atom stereocenters. The van der Waals surface area contributed by atoms with Crippen LogP contribution in [0.3, 0.4) is 0 Å². The fourth-order valence-corrected chi connectivity index (χ4v) is 3.60. The van der Waals surface area contributed by atoms with Gasteiger partial charge in [-0.15, -0.1) is 11.3 Å². The monoisotopic (exact) mass is 409 g/mol. The van der Waals surface area contributed by atoms with Crippen molar-refractivity contribution in [3.05, 3.63) is 71.1 Å². The highest BCUT2D eigenvalue weighted by Crippen LogP contribution is 2.30. The molecule has 0 radical (unpaired) electrons. The number of anilines is 1. The van der Waals surface area contributed by atoms with Crippen LogP contribution >= 0.6 is 11.3 Å². The number of hydrogen-bond acceptors (Lipinski definition) is 6. The maximum atomic E-state index is 14.0. The van der Waals surface area contributed by atoms with Crippen molar-refractivity contribution in [2.75, 3.05) is 12.4 Å². The highest BCUT2D eigenvalue weighted by molar-refractivity contribution is 7.14. The summed E-state index contributed by atoms with van der Waals surface area (Å²) in [7, 11) is 1.41. The number of nitrogens with zero attached hydrogens (tertiary/aromatic N) is 2. The third-order valence-electron chi connectivity index (χ3n) is 4.31. The summed E-state index contributed by atoms with van der Waals surface area (Å²) in [6, 6.07) is 13.9. The predicted molar refractivity (Wildman–Crippen MR) is 109 cm³/mol. The number of aromatic nitrogens is 2. The van der Waals surface area contributed by atoms with Crippen LogP contribution in [0.5, 0.6) is 5.75 Å². The molecule has 2 heterocycles. The van der Waals surface area contributed by atoms with Gasteiger partial charge in [-0.25, -0.2) is 9.37 Å². The fourth-order valence-electron chi connectivity index (χ4n) is 2.88. The highest BCUT2D eigenvalue weighted by Gasteiger charge is 2.22. The van der Waals surface area contributed by atoms with E-state index in [0.29, 0.717) is 33.4 Å². The minimum absolute atomic E-state index is 0.161. The lowest BCUT2D eigenvalue weighted by Gasteiger charge is -2.04. The van der Waals surface area contributed by atoms with Crippen LogP contribution in [0, 0.1) is 12.7 Å². The number of aryl methyl sites for hydroxylation is 1. The molecule has 4 rings (SSSR count). The van der Waals surface area contributed by atoms with Crippen LogP contribution in [0.2, 0.25) is 0 Å². The first-order valence-corrected chi connectivity index (χ1v) is 9.57. The molecule has 4 aromatic rings. The average molecular weight is 409 g/mol. The number of halogens is 1. The molecule has 8 heteroatoms. The lowest BCUT2D eigenvalue weighted by Crippen LogP contribution is -2.13. The zero-order chi connectivity index (χ0) is 20.4. The number of carbonyl (C=O) groups excluding carboxylic acids is 1. The van der Waals surface area contributed by atoms with Gasteiger partial charge >= 0.3 is 0 Å².